The van der Waals surface area contributed by atoms with Gasteiger partial charge in [-0.2, -0.15) is 5.26 Å². The average molecular weight is 340 g/mol. The van der Waals surface area contributed by atoms with Gasteiger partial charge in [-0.05, 0) is 18.2 Å². The van der Waals surface area contributed by atoms with Crippen LogP contribution in [-0.2, 0) is 4.79 Å². The minimum atomic E-state index is -1.32. The fourth-order valence-corrected chi connectivity index (χ4v) is 2.71. The van der Waals surface area contributed by atoms with Crippen LogP contribution in [0.1, 0.15) is 4.88 Å². The number of benzene rings is 1. The Bertz CT molecular complexity index is 765. The molecule has 0 aliphatic heterocycles. The highest BCUT2D eigenvalue weighted by molar-refractivity contribution is 7.17. The van der Waals surface area contributed by atoms with E-state index < -0.39 is 11.5 Å². The SMILES string of the molecule is N#C/C(=C\c1sc(Nc2ccccc2Cl)nc1Cl)C(=O)O. The Morgan fingerprint density at radius 2 is 2.14 bits per heavy atom. The smallest absolute Gasteiger partial charge is 0.346 e. The van der Waals surface area contributed by atoms with E-state index in [0.717, 1.165) is 11.3 Å². The maximum atomic E-state index is 10.8. The van der Waals surface area contributed by atoms with Gasteiger partial charge < -0.3 is 10.4 Å². The molecule has 106 valence electrons. The van der Waals surface area contributed by atoms with Crippen LogP contribution in [0.4, 0.5) is 10.8 Å². The van der Waals surface area contributed by atoms with E-state index in [1.807, 2.05) is 6.07 Å². The molecule has 0 saturated heterocycles. The van der Waals surface area contributed by atoms with Crippen molar-refractivity contribution in [3.8, 4) is 6.07 Å². The van der Waals surface area contributed by atoms with Gasteiger partial charge in [0.05, 0.1) is 15.6 Å². The normalized spacial score (nSPS) is 11.0. The number of aliphatic carboxylic acids is 1. The first kappa shape index (κ1) is 15.3. The summed E-state index contributed by atoms with van der Waals surface area (Å²) in [5, 5.41) is 21.6. The minimum Gasteiger partial charge on any atom is -0.477 e. The Balaban J connectivity index is 2.30. The molecule has 1 aromatic carbocycles. The van der Waals surface area contributed by atoms with Crippen molar-refractivity contribution in [2.75, 3.05) is 5.32 Å². The van der Waals surface area contributed by atoms with E-state index in [-0.39, 0.29) is 5.15 Å². The van der Waals surface area contributed by atoms with E-state index in [1.165, 1.54) is 6.08 Å². The van der Waals surface area contributed by atoms with Crippen molar-refractivity contribution in [3.05, 3.63) is 44.9 Å². The van der Waals surface area contributed by atoms with Gasteiger partial charge in [-0.1, -0.05) is 46.7 Å². The number of hydrogen-bond acceptors (Lipinski definition) is 5. The summed E-state index contributed by atoms with van der Waals surface area (Å²) in [4.78, 5) is 15.2. The minimum absolute atomic E-state index is 0.114. The summed E-state index contributed by atoms with van der Waals surface area (Å²) in [7, 11) is 0. The van der Waals surface area contributed by atoms with E-state index in [4.69, 9.17) is 33.6 Å². The lowest BCUT2D eigenvalue weighted by Crippen LogP contribution is -1.96. The summed E-state index contributed by atoms with van der Waals surface area (Å²) in [5.74, 6) is -1.32. The number of para-hydroxylation sites is 1. The van der Waals surface area contributed by atoms with Gasteiger partial charge in [-0.25, -0.2) is 9.78 Å². The molecule has 1 heterocycles. The van der Waals surface area contributed by atoms with Crippen LogP contribution in [0.3, 0.4) is 0 Å². The lowest BCUT2D eigenvalue weighted by molar-refractivity contribution is -0.132. The molecule has 0 radical (unpaired) electrons. The van der Waals surface area contributed by atoms with Crippen molar-refractivity contribution < 1.29 is 9.90 Å². The maximum absolute atomic E-state index is 10.8. The van der Waals surface area contributed by atoms with Crippen LogP contribution < -0.4 is 5.32 Å². The van der Waals surface area contributed by atoms with Crippen molar-refractivity contribution in [2.45, 2.75) is 0 Å². The van der Waals surface area contributed by atoms with Gasteiger partial charge in [-0.3, -0.25) is 0 Å². The number of nitrogens with zero attached hydrogens (tertiary/aromatic N) is 2. The van der Waals surface area contributed by atoms with Crippen LogP contribution in [0.15, 0.2) is 29.8 Å². The fraction of sp³-hybridized carbons (Fsp3) is 0. The number of nitriles is 1. The van der Waals surface area contributed by atoms with Crippen molar-refractivity contribution >= 4 is 57.4 Å². The van der Waals surface area contributed by atoms with Gasteiger partial charge in [0.15, 0.2) is 5.13 Å². The molecule has 0 spiro atoms. The summed E-state index contributed by atoms with van der Waals surface area (Å²) in [6.45, 7) is 0. The van der Waals surface area contributed by atoms with Crippen LogP contribution >= 0.6 is 34.5 Å². The molecule has 0 aliphatic carbocycles. The molecule has 0 unspecified atom stereocenters. The molecule has 8 heteroatoms. The highest BCUT2D eigenvalue weighted by atomic mass is 35.5. The monoisotopic (exact) mass is 339 g/mol. The second-order valence-electron chi connectivity index (χ2n) is 3.75. The fourth-order valence-electron chi connectivity index (χ4n) is 1.41. The topological polar surface area (TPSA) is 86.0 Å². The van der Waals surface area contributed by atoms with Crippen LogP contribution in [0.25, 0.3) is 6.08 Å². The van der Waals surface area contributed by atoms with Crippen molar-refractivity contribution in [2.24, 2.45) is 0 Å². The third kappa shape index (κ3) is 3.73. The molecular weight excluding hydrogens is 333 g/mol. The van der Waals surface area contributed by atoms with E-state index in [9.17, 15) is 4.79 Å². The summed E-state index contributed by atoms with van der Waals surface area (Å²) in [5.41, 5.74) is 0.240. The number of carboxylic acid groups (broad SMARTS) is 1. The summed E-state index contributed by atoms with van der Waals surface area (Å²) in [6.07, 6.45) is 1.18. The molecule has 5 nitrogen and oxygen atoms in total. The molecule has 0 fully saturated rings. The molecule has 0 saturated carbocycles. The Kier molecular flexibility index (Phi) is 4.81. The molecule has 1 aromatic heterocycles. The van der Waals surface area contributed by atoms with E-state index in [1.54, 1.807) is 24.3 Å². The summed E-state index contributed by atoms with van der Waals surface area (Å²) < 4.78 is 0. The predicted molar refractivity (Wildman–Crippen MR) is 83.1 cm³/mol. The number of nitrogens with one attached hydrogen (secondary N) is 1. The van der Waals surface area contributed by atoms with E-state index in [2.05, 4.69) is 10.3 Å². The Morgan fingerprint density at radius 1 is 1.43 bits per heavy atom. The Morgan fingerprint density at radius 3 is 2.76 bits per heavy atom. The van der Waals surface area contributed by atoms with Crippen molar-refractivity contribution in [1.29, 1.82) is 5.26 Å². The van der Waals surface area contributed by atoms with Gasteiger partial charge in [0.2, 0.25) is 0 Å². The first-order valence-corrected chi connectivity index (χ1v) is 7.11. The molecule has 2 rings (SSSR count). The van der Waals surface area contributed by atoms with Crippen LogP contribution in [0.5, 0.6) is 0 Å². The summed E-state index contributed by atoms with van der Waals surface area (Å²) in [6, 6.07) is 8.68. The highest BCUT2D eigenvalue weighted by Gasteiger charge is 2.12. The number of hydrogen-bond donors (Lipinski definition) is 2. The average Bonchev–Trinajstić information content (AvgIpc) is 2.78. The van der Waals surface area contributed by atoms with Crippen LogP contribution in [0, 0.1) is 11.3 Å². The first-order valence-electron chi connectivity index (χ1n) is 5.54. The molecule has 0 bridgehead atoms. The Labute approximate surface area is 134 Å². The van der Waals surface area contributed by atoms with Gasteiger partial charge >= 0.3 is 5.97 Å². The molecule has 21 heavy (non-hydrogen) atoms. The molecule has 0 amide bonds. The molecule has 2 aromatic rings. The number of carbonyl (C=O) groups is 1. The van der Waals surface area contributed by atoms with Crippen molar-refractivity contribution in [3.63, 3.8) is 0 Å². The number of thiazole rings is 1. The molecular formula is C13H7Cl2N3O2S. The van der Waals surface area contributed by atoms with Crippen LogP contribution in [-0.4, -0.2) is 16.1 Å². The predicted octanol–water partition coefficient (Wildman–Crippen LogP) is 4.19. The third-order valence-electron chi connectivity index (χ3n) is 2.35. The van der Waals surface area contributed by atoms with Gasteiger partial charge in [0.25, 0.3) is 0 Å². The number of halogens is 2. The molecule has 0 aliphatic rings. The standard InChI is InChI=1S/C13H7Cl2N3O2S/c14-8-3-1-2-4-9(8)17-13-18-11(15)10(21-13)5-7(6-16)12(19)20/h1-5H,(H,17,18)(H,19,20)/b7-5+. The lowest BCUT2D eigenvalue weighted by Gasteiger charge is -2.03. The van der Waals surface area contributed by atoms with Gasteiger partial charge in [0.1, 0.15) is 16.8 Å². The van der Waals surface area contributed by atoms with Crippen LogP contribution in [0.2, 0.25) is 10.2 Å². The first-order chi connectivity index (χ1) is 10.0. The zero-order chi connectivity index (χ0) is 15.4. The Hall–Kier alpha value is -2.07. The van der Waals surface area contributed by atoms with Gasteiger partial charge in [0, 0.05) is 0 Å². The highest BCUT2D eigenvalue weighted by Crippen LogP contribution is 2.32. The van der Waals surface area contributed by atoms with Gasteiger partial charge in [-0.15, -0.1) is 0 Å². The maximum Gasteiger partial charge on any atom is 0.346 e. The number of anilines is 2. The number of carboxylic acids is 1. The second kappa shape index (κ2) is 6.59. The number of rotatable bonds is 4. The van der Waals surface area contributed by atoms with Crippen molar-refractivity contribution in [1.82, 2.24) is 4.98 Å². The number of aromatic nitrogens is 1. The summed E-state index contributed by atoms with van der Waals surface area (Å²) >= 11 is 13.1. The quantitative estimate of drug-likeness (QED) is 0.644. The zero-order valence-electron chi connectivity index (χ0n) is 10.3. The lowest BCUT2D eigenvalue weighted by atomic mass is 10.2. The van der Waals surface area contributed by atoms with E-state index in [0.29, 0.717) is 20.7 Å². The third-order valence-corrected chi connectivity index (χ3v) is 4.00. The van der Waals surface area contributed by atoms with E-state index >= 15 is 0 Å². The molecule has 0 atom stereocenters. The molecule has 2 N–H and O–H groups in total. The zero-order valence-corrected chi connectivity index (χ0v) is 12.6. The largest absolute Gasteiger partial charge is 0.477 e. The second-order valence-corrected chi connectivity index (χ2v) is 5.55.